The van der Waals surface area contributed by atoms with Crippen molar-refractivity contribution in [2.75, 3.05) is 11.4 Å². The molecule has 0 bridgehead atoms. The first-order valence-corrected chi connectivity index (χ1v) is 14.4. The van der Waals surface area contributed by atoms with Crippen LogP contribution in [0.2, 0.25) is 13.1 Å². The molecule has 1 N–H and O–H groups in total. The lowest BCUT2D eigenvalue weighted by molar-refractivity contribution is -0.135. The predicted molar refractivity (Wildman–Crippen MR) is 155 cm³/mol. The van der Waals surface area contributed by atoms with Gasteiger partial charge in [-0.1, -0.05) is 80.9 Å². The molecule has 0 aromatic heterocycles. The average Bonchev–Trinajstić information content (AvgIpc) is 3.36. The van der Waals surface area contributed by atoms with Gasteiger partial charge in [-0.25, -0.2) is 0 Å². The van der Waals surface area contributed by atoms with Crippen molar-refractivity contribution in [3.63, 3.8) is 0 Å². The first-order valence-electron chi connectivity index (χ1n) is 14.4. The van der Waals surface area contributed by atoms with Crippen molar-refractivity contribution in [3.05, 3.63) is 65.7 Å². The number of ketones is 1. The second kappa shape index (κ2) is 13.3. The monoisotopic (exact) mass is 513 g/mol. The molecule has 2 aromatic carbocycles. The third-order valence-corrected chi connectivity index (χ3v) is 8.50. The van der Waals surface area contributed by atoms with Gasteiger partial charge in [0.2, 0.25) is 11.8 Å². The minimum Gasteiger partial charge on any atom is -0.344 e. The Kier molecular flexibility index (Phi) is 9.82. The van der Waals surface area contributed by atoms with Crippen molar-refractivity contribution < 1.29 is 14.4 Å². The lowest BCUT2D eigenvalue weighted by atomic mass is 9.69. The van der Waals surface area contributed by atoms with E-state index in [1.165, 1.54) is 12.5 Å². The van der Waals surface area contributed by atoms with Crippen molar-refractivity contribution >= 4 is 30.6 Å². The summed E-state index contributed by atoms with van der Waals surface area (Å²) in [5.74, 6) is 0.250. The number of rotatable bonds is 12. The summed E-state index contributed by atoms with van der Waals surface area (Å²) in [5, 5.41) is 3.22. The van der Waals surface area contributed by atoms with Gasteiger partial charge in [0.25, 0.3) is 0 Å². The lowest BCUT2D eigenvalue weighted by Gasteiger charge is -2.34. The standard InChI is InChI=1S/C32H42BN2O3/c1-24(36)23-35-29-13-7-6-12-27(29)16-17-28(30(35)37)34-31(38)32(19-8-9-20-32)22-26(18-21-33-2)15-14-25-10-4-3-5-11-25/h3-7,10-13,26,28H,8-9,14-23H2,1-2H3,(H,34,38)/t26-,28-/m0/s1. The smallest absolute Gasteiger partial charge is 0.249 e. The molecule has 5 nitrogen and oxygen atoms in total. The van der Waals surface area contributed by atoms with Gasteiger partial charge in [0, 0.05) is 11.1 Å². The topological polar surface area (TPSA) is 66.5 Å². The Labute approximate surface area is 229 Å². The number of hydrogen-bond acceptors (Lipinski definition) is 3. The van der Waals surface area contributed by atoms with Crippen LogP contribution in [-0.4, -0.2) is 37.5 Å². The van der Waals surface area contributed by atoms with E-state index in [0.29, 0.717) is 18.8 Å². The minimum atomic E-state index is -0.613. The van der Waals surface area contributed by atoms with Crippen LogP contribution < -0.4 is 10.2 Å². The summed E-state index contributed by atoms with van der Waals surface area (Å²) in [7, 11) is 2.22. The highest BCUT2D eigenvalue weighted by molar-refractivity contribution is 6.33. The summed E-state index contributed by atoms with van der Waals surface area (Å²) >= 11 is 0. The summed E-state index contributed by atoms with van der Waals surface area (Å²) in [6.45, 7) is 3.64. The number of carbonyl (C=O) groups excluding carboxylic acids is 3. The molecular weight excluding hydrogens is 471 g/mol. The number of aryl methyl sites for hydroxylation is 2. The molecular formula is C32H42BN2O3. The van der Waals surface area contributed by atoms with Gasteiger partial charge < -0.3 is 10.2 Å². The van der Waals surface area contributed by atoms with E-state index >= 15 is 0 Å². The van der Waals surface area contributed by atoms with Crippen LogP contribution in [0.4, 0.5) is 5.69 Å². The molecule has 2 amide bonds. The van der Waals surface area contributed by atoms with E-state index in [1.54, 1.807) is 4.90 Å². The summed E-state index contributed by atoms with van der Waals surface area (Å²) in [6.07, 6.45) is 10.2. The molecule has 1 heterocycles. The molecule has 201 valence electrons. The SMILES string of the molecule is C[B]CC[C@H](CCc1ccccc1)CC1(C(=O)N[C@H]2CCc3ccccc3N(CC(C)=O)C2=O)CCCC1. The number of fused-ring (bicyclic) bond motifs is 1. The Morgan fingerprint density at radius 2 is 1.76 bits per heavy atom. The van der Waals surface area contributed by atoms with Gasteiger partial charge in [-0.2, -0.15) is 0 Å². The van der Waals surface area contributed by atoms with Crippen LogP contribution in [0.5, 0.6) is 0 Å². The van der Waals surface area contributed by atoms with Crippen molar-refractivity contribution in [2.24, 2.45) is 11.3 Å². The van der Waals surface area contributed by atoms with Gasteiger partial charge in [-0.15, -0.1) is 0 Å². The van der Waals surface area contributed by atoms with Crippen molar-refractivity contribution in [3.8, 4) is 0 Å². The molecule has 2 aromatic rings. The minimum absolute atomic E-state index is 0.0302. The van der Waals surface area contributed by atoms with Crippen LogP contribution in [0.15, 0.2) is 54.6 Å². The largest absolute Gasteiger partial charge is 0.344 e. The fraction of sp³-hybridized carbons (Fsp3) is 0.531. The Hall–Kier alpha value is -2.89. The molecule has 38 heavy (non-hydrogen) atoms. The number of benzene rings is 2. The van der Waals surface area contributed by atoms with Crippen LogP contribution >= 0.6 is 0 Å². The summed E-state index contributed by atoms with van der Waals surface area (Å²) < 4.78 is 0. The molecule has 1 aliphatic heterocycles. The van der Waals surface area contributed by atoms with Crippen molar-refractivity contribution in [1.82, 2.24) is 5.32 Å². The molecule has 1 fully saturated rings. The van der Waals surface area contributed by atoms with Crippen LogP contribution in [-0.2, 0) is 27.2 Å². The molecule has 2 aliphatic rings. The van der Waals surface area contributed by atoms with Crippen LogP contribution in [0.1, 0.15) is 69.4 Å². The number of nitrogens with one attached hydrogen (secondary N) is 1. The molecule has 0 saturated heterocycles. The number of Topliss-reactive ketones (excluding diaryl/α,β-unsaturated/α-hetero) is 1. The second-order valence-corrected chi connectivity index (χ2v) is 11.4. The van der Waals surface area contributed by atoms with Crippen LogP contribution in [0, 0.1) is 11.3 Å². The lowest BCUT2D eigenvalue weighted by Crippen LogP contribution is -2.53. The van der Waals surface area contributed by atoms with E-state index in [0.717, 1.165) is 68.9 Å². The Morgan fingerprint density at radius 3 is 2.47 bits per heavy atom. The average molecular weight is 514 g/mol. The first-order chi connectivity index (χ1) is 18.4. The predicted octanol–water partition coefficient (Wildman–Crippen LogP) is 5.80. The third kappa shape index (κ3) is 6.95. The maximum Gasteiger partial charge on any atom is 0.249 e. The van der Waals surface area contributed by atoms with Gasteiger partial charge in [0.05, 0.1) is 6.54 Å². The van der Waals surface area contributed by atoms with Gasteiger partial charge in [0.1, 0.15) is 19.1 Å². The Morgan fingerprint density at radius 1 is 1.05 bits per heavy atom. The number of hydrogen-bond donors (Lipinski definition) is 1. The highest BCUT2D eigenvalue weighted by atomic mass is 16.2. The van der Waals surface area contributed by atoms with Crippen molar-refractivity contribution in [2.45, 2.75) is 90.3 Å². The fourth-order valence-corrected chi connectivity index (χ4v) is 6.44. The van der Waals surface area contributed by atoms with Gasteiger partial charge >= 0.3 is 0 Å². The second-order valence-electron chi connectivity index (χ2n) is 11.4. The van der Waals surface area contributed by atoms with E-state index in [2.05, 4.69) is 49.8 Å². The quantitative estimate of drug-likeness (QED) is 0.365. The highest BCUT2D eigenvalue weighted by Gasteiger charge is 2.44. The molecule has 4 rings (SSSR count). The van der Waals surface area contributed by atoms with Crippen LogP contribution in [0.25, 0.3) is 0 Å². The molecule has 1 saturated carbocycles. The van der Waals surface area contributed by atoms with E-state index in [1.807, 2.05) is 24.3 Å². The van der Waals surface area contributed by atoms with Gasteiger partial charge in [0.15, 0.2) is 0 Å². The number of carbonyl (C=O) groups is 3. The molecule has 0 spiro atoms. The zero-order valence-corrected chi connectivity index (χ0v) is 23.1. The number of para-hydroxylation sites is 1. The van der Waals surface area contributed by atoms with Crippen molar-refractivity contribution in [1.29, 1.82) is 0 Å². The molecule has 1 aliphatic carbocycles. The molecule has 2 atom stereocenters. The van der Waals surface area contributed by atoms with E-state index in [-0.39, 0.29) is 24.1 Å². The maximum absolute atomic E-state index is 14.0. The van der Waals surface area contributed by atoms with Gasteiger partial charge in [-0.3, -0.25) is 14.4 Å². The highest BCUT2D eigenvalue weighted by Crippen LogP contribution is 2.45. The van der Waals surface area contributed by atoms with E-state index in [9.17, 15) is 14.4 Å². The number of nitrogens with zero attached hydrogens (tertiary/aromatic N) is 1. The Balaban J connectivity index is 1.50. The summed E-state index contributed by atoms with van der Waals surface area (Å²) in [4.78, 5) is 41.3. The zero-order valence-electron chi connectivity index (χ0n) is 23.1. The number of amides is 2. The molecule has 1 radical (unpaired) electrons. The van der Waals surface area contributed by atoms with E-state index in [4.69, 9.17) is 0 Å². The fourth-order valence-electron chi connectivity index (χ4n) is 6.44. The Bertz CT molecular complexity index is 1100. The number of anilines is 1. The zero-order chi connectivity index (χ0) is 27.0. The van der Waals surface area contributed by atoms with E-state index < -0.39 is 11.5 Å². The molecule has 6 heteroatoms. The van der Waals surface area contributed by atoms with Crippen LogP contribution in [0.3, 0.4) is 0 Å². The molecule has 0 unspecified atom stereocenters. The van der Waals surface area contributed by atoms with Gasteiger partial charge in [-0.05, 0) is 75.0 Å². The first kappa shape index (κ1) is 28.1. The third-order valence-electron chi connectivity index (χ3n) is 8.50. The maximum atomic E-state index is 14.0. The summed E-state index contributed by atoms with van der Waals surface area (Å²) in [5.41, 5.74) is 2.76. The summed E-state index contributed by atoms with van der Waals surface area (Å²) in [6, 6.07) is 17.8. The normalized spacial score (nSPS) is 19.4.